The van der Waals surface area contributed by atoms with Crippen LogP contribution in [0.15, 0.2) is 36.0 Å². The highest BCUT2D eigenvalue weighted by Gasteiger charge is 2.29. The molecule has 0 spiro atoms. The van der Waals surface area contributed by atoms with Crippen molar-refractivity contribution < 1.29 is 4.79 Å². The molecule has 0 N–H and O–H groups in total. The number of rotatable bonds is 2. The second-order valence-electron chi connectivity index (χ2n) is 4.80. The molecule has 0 radical (unpaired) electrons. The van der Waals surface area contributed by atoms with Crippen LogP contribution in [0.4, 0.5) is 0 Å². The highest BCUT2D eigenvalue weighted by Crippen LogP contribution is 2.36. The van der Waals surface area contributed by atoms with E-state index in [9.17, 15) is 4.79 Å². The summed E-state index contributed by atoms with van der Waals surface area (Å²) in [5.41, 5.74) is 2.65. The van der Waals surface area contributed by atoms with Crippen LogP contribution >= 0.6 is 0 Å². The van der Waals surface area contributed by atoms with E-state index in [1.807, 2.05) is 49.5 Å². The van der Waals surface area contributed by atoms with Gasteiger partial charge in [0.2, 0.25) is 0 Å². The molecule has 1 aliphatic rings. The molecule has 0 bridgehead atoms. The molecule has 2 rings (SSSR count). The van der Waals surface area contributed by atoms with E-state index in [1.54, 1.807) is 0 Å². The summed E-state index contributed by atoms with van der Waals surface area (Å²) in [6.45, 7) is 0. The van der Waals surface area contributed by atoms with Crippen molar-refractivity contribution in [3.63, 3.8) is 0 Å². The highest BCUT2D eigenvalue weighted by molar-refractivity contribution is 5.99. The van der Waals surface area contributed by atoms with Crippen LogP contribution in [0.1, 0.15) is 29.9 Å². The van der Waals surface area contributed by atoms with Crippen molar-refractivity contribution in [2.75, 3.05) is 14.1 Å². The van der Waals surface area contributed by atoms with Gasteiger partial charge < -0.3 is 4.90 Å². The second-order valence-corrected chi connectivity index (χ2v) is 4.80. The van der Waals surface area contributed by atoms with Crippen molar-refractivity contribution in [2.24, 2.45) is 0 Å². The first-order chi connectivity index (χ1) is 8.61. The number of carbonyl (C=O) groups excluding carboxylic acids is 1. The minimum Gasteiger partial charge on any atom is -0.383 e. The molecule has 0 aliphatic heterocycles. The number of benzene rings is 1. The Hall–Kier alpha value is -2.08. The fourth-order valence-electron chi connectivity index (χ4n) is 2.35. The molecule has 1 aliphatic carbocycles. The lowest BCUT2D eigenvalue weighted by Gasteiger charge is -2.14. The van der Waals surface area contributed by atoms with Crippen LogP contribution in [0.3, 0.4) is 0 Å². The minimum atomic E-state index is 0.174. The first-order valence-electron chi connectivity index (χ1n) is 6.03. The zero-order chi connectivity index (χ0) is 13.1. The number of nitriles is 1. The maximum atomic E-state index is 11.9. The topological polar surface area (TPSA) is 44.1 Å². The standard InChI is InChI=1S/C15H16N2O/c1-17(2)10-14-13(7-8-15(14)18)12-5-3-11(9-16)4-6-12/h3-6,10,13H,7-8H2,1-2H3/b14-10-/t13-/m1/s1. The van der Waals surface area contributed by atoms with E-state index in [1.165, 1.54) is 0 Å². The maximum Gasteiger partial charge on any atom is 0.160 e. The smallest absolute Gasteiger partial charge is 0.160 e. The SMILES string of the molecule is CN(C)/C=C1\C(=O)CC[C@@H]1c1ccc(C#N)cc1. The number of nitrogens with zero attached hydrogens (tertiary/aromatic N) is 2. The van der Waals surface area contributed by atoms with Gasteiger partial charge in [-0.3, -0.25) is 4.79 Å². The Balaban J connectivity index is 2.32. The summed E-state index contributed by atoms with van der Waals surface area (Å²) in [7, 11) is 3.85. The molecule has 1 fully saturated rings. The quantitative estimate of drug-likeness (QED) is 0.746. The van der Waals surface area contributed by atoms with Gasteiger partial charge in [0, 0.05) is 38.2 Å². The molecule has 0 heterocycles. The van der Waals surface area contributed by atoms with Crippen LogP contribution in [-0.4, -0.2) is 24.8 Å². The molecule has 3 nitrogen and oxygen atoms in total. The van der Waals surface area contributed by atoms with Gasteiger partial charge in [-0.2, -0.15) is 5.26 Å². The molecule has 0 unspecified atom stereocenters. The summed E-state index contributed by atoms with van der Waals surface area (Å²) in [5.74, 6) is 0.408. The number of Topliss-reactive ketones (excluding diaryl/α,β-unsaturated/α-hetero) is 1. The van der Waals surface area contributed by atoms with Crippen molar-refractivity contribution in [1.29, 1.82) is 5.26 Å². The van der Waals surface area contributed by atoms with E-state index in [4.69, 9.17) is 5.26 Å². The predicted molar refractivity (Wildman–Crippen MR) is 69.9 cm³/mol. The van der Waals surface area contributed by atoms with Gasteiger partial charge in [-0.25, -0.2) is 0 Å². The van der Waals surface area contributed by atoms with E-state index in [0.717, 1.165) is 17.6 Å². The van der Waals surface area contributed by atoms with Gasteiger partial charge in [-0.1, -0.05) is 12.1 Å². The van der Waals surface area contributed by atoms with Gasteiger partial charge in [0.05, 0.1) is 11.6 Å². The molecule has 1 aromatic carbocycles. The number of hydrogen-bond donors (Lipinski definition) is 0. The van der Waals surface area contributed by atoms with E-state index in [0.29, 0.717) is 12.0 Å². The van der Waals surface area contributed by atoms with Crippen LogP contribution in [0.2, 0.25) is 0 Å². The average molecular weight is 240 g/mol. The largest absolute Gasteiger partial charge is 0.383 e. The van der Waals surface area contributed by atoms with E-state index >= 15 is 0 Å². The van der Waals surface area contributed by atoms with Crippen LogP contribution < -0.4 is 0 Å². The van der Waals surface area contributed by atoms with Gasteiger partial charge in [0.1, 0.15) is 0 Å². The molecule has 1 aromatic rings. The fraction of sp³-hybridized carbons (Fsp3) is 0.333. The third-order valence-corrected chi connectivity index (χ3v) is 3.20. The molecule has 1 saturated carbocycles. The molecule has 3 heteroatoms. The summed E-state index contributed by atoms with van der Waals surface area (Å²) in [6, 6.07) is 9.63. The second kappa shape index (κ2) is 5.05. The lowest BCUT2D eigenvalue weighted by molar-refractivity contribution is -0.114. The highest BCUT2D eigenvalue weighted by atomic mass is 16.1. The third-order valence-electron chi connectivity index (χ3n) is 3.20. The Bertz CT molecular complexity index is 520. The molecular formula is C15H16N2O. The van der Waals surface area contributed by atoms with E-state index < -0.39 is 0 Å². The minimum absolute atomic E-state index is 0.174. The van der Waals surface area contributed by atoms with Crippen molar-refractivity contribution >= 4 is 5.78 Å². The zero-order valence-corrected chi connectivity index (χ0v) is 10.7. The van der Waals surface area contributed by atoms with E-state index in [2.05, 4.69) is 6.07 Å². The summed E-state index contributed by atoms with van der Waals surface area (Å²) in [4.78, 5) is 13.8. The number of allylic oxidation sites excluding steroid dienone is 1. The van der Waals surface area contributed by atoms with Crippen molar-refractivity contribution in [1.82, 2.24) is 4.90 Å². The van der Waals surface area contributed by atoms with Crippen LogP contribution in [0.5, 0.6) is 0 Å². The number of ketones is 1. The maximum absolute atomic E-state index is 11.9. The van der Waals surface area contributed by atoms with Gasteiger partial charge in [-0.15, -0.1) is 0 Å². The van der Waals surface area contributed by atoms with Gasteiger partial charge in [0.15, 0.2) is 5.78 Å². The number of hydrogen-bond acceptors (Lipinski definition) is 3. The Morgan fingerprint density at radius 1 is 1.33 bits per heavy atom. The summed E-state index contributed by atoms with van der Waals surface area (Å²) >= 11 is 0. The van der Waals surface area contributed by atoms with Crippen LogP contribution in [-0.2, 0) is 4.79 Å². The van der Waals surface area contributed by atoms with Gasteiger partial charge in [-0.05, 0) is 24.1 Å². The summed E-state index contributed by atoms with van der Waals surface area (Å²) < 4.78 is 0. The van der Waals surface area contributed by atoms with Crippen LogP contribution in [0.25, 0.3) is 0 Å². The Labute approximate surface area is 107 Å². The molecule has 18 heavy (non-hydrogen) atoms. The predicted octanol–water partition coefficient (Wildman–Crippen LogP) is 2.45. The molecule has 1 atom stereocenters. The van der Waals surface area contributed by atoms with Crippen molar-refractivity contribution in [3.05, 3.63) is 47.2 Å². The van der Waals surface area contributed by atoms with Gasteiger partial charge in [0.25, 0.3) is 0 Å². The molecule has 92 valence electrons. The third kappa shape index (κ3) is 2.43. The van der Waals surface area contributed by atoms with Crippen molar-refractivity contribution in [3.8, 4) is 6.07 Å². The first-order valence-corrected chi connectivity index (χ1v) is 6.03. The summed E-state index contributed by atoms with van der Waals surface area (Å²) in [6.07, 6.45) is 3.40. The zero-order valence-electron chi connectivity index (χ0n) is 10.7. The Morgan fingerprint density at radius 2 is 2.00 bits per heavy atom. The first kappa shape index (κ1) is 12.4. The normalized spacial score (nSPS) is 21.1. The molecule has 0 amide bonds. The van der Waals surface area contributed by atoms with Crippen molar-refractivity contribution in [2.45, 2.75) is 18.8 Å². The number of carbonyl (C=O) groups is 1. The monoisotopic (exact) mass is 240 g/mol. The Kier molecular flexibility index (Phi) is 3.47. The average Bonchev–Trinajstić information content (AvgIpc) is 2.71. The Morgan fingerprint density at radius 3 is 2.56 bits per heavy atom. The molecular weight excluding hydrogens is 224 g/mol. The summed E-state index contributed by atoms with van der Waals surface area (Å²) in [5, 5.41) is 8.78. The molecule has 0 aromatic heterocycles. The lowest BCUT2D eigenvalue weighted by Crippen LogP contribution is -2.08. The molecule has 0 saturated heterocycles. The lowest BCUT2D eigenvalue weighted by atomic mass is 9.93. The van der Waals surface area contributed by atoms with Gasteiger partial charge >= 0.3 is 0 Å². The van der Waals surface area contributed by atoms with E-state index in [-0.39, 0.29) is 11.7 Å². The van der Waals surface area contributed by atoms with Crippen LogP contribution in [0, 0.1) is 11.3 Å². The fourth-order valence-corrected chi connectivity index (χ4v) is 2.35.